The van der Waals surface area contributed by atoms with Crippen LogP contribution < -0.4 is 0 Å². The molecule has 0 aliphatic carbocycles. The van der Waals surface area contributed by atoms with Gasteiger partial charge in [0.05, 0.1) is 0 Å². The van der Waals surface area contributed by atoms with Crippen LogP contribution in [0.5, 0.6) is 0 Å². The summed E-state index contributed by atoms with van der Waals surface area (Å²) in [5.74, 6) is 0.731. The molecule has 2 rings (SSSR count). The van der Waals surface area contributed by atoms with Crippen LogP contribution in [0.15, 0.2) is 24.3 Å². The van der Waals surface area contributed by atoms with Crippen LogP contribution in [0.25, 0.3) is 6.08 Å². The Morgan fingerprint density at radius 3 is 2.53 bits per heavy atom. The third kappa shape index (κ3) is 3.71. The maximum Gasteiger partial charge on any atom is 0.00414 e. The number of hydrogen-bond donors (Lipinski definition) is 0. The van der Waals surface area contributed by atoms with Crippen LogP contribution >= 0.6 is 0 Å². The minimum atomic E-state index is 0.731. The Balaban J connectivity index is 2.04. The number of likely N-dealkylation sites (tertiary alicyclic amines) is 1. The molecule has 0 N–H and O–H groups in total. The Morgan fingerprint density at radius 1 is 1.18 bits per heavy atom. The van der Waals surface area contributed by atoms with E-state index >= 15 is 0 Å². The predicted octanol–water partition coefficient (Wildman–Crippen LogP) is 3.66. The smallest absolute Gasteiger partial charge is 0.00414 e. The number of aryl methyl sites for hydroxylation is 2. The van der Waals surface area contributed by atoms with Crippen molar-refractivity contribution < 1.29 is 0 Å². The summed E-state index contributed by atoms with van der Waals surface area (Å²) in [6, 6.07) is 6.75. The molecule has 0 bridgehead atoms. The molecule has 1 heterocycles. The number of benzene rings is 1. The predicted molar refractivity (Wildman–Crippen MR) is 75.2 cm³/mol. The van der Waals surface area contributed by atoms with E-state index in [1.165, 1.54) is 42.6 Å². The number of hydrogen-bond acceptors (Lipinski definition) is 1. The molecular weight excluding hydrogens is 206 g/mol. The minimum absolute atomic E-state index is 0.731. The number of rotatable bonds is 2. The molecule has 1 aromatic rings. The Bertz CT molecular complexity index is 386. The van der Waals surface area contributed by atoms with Crippen LogP contribution in [0.4, 0.5) is 0 Å². The van der Waals surface area contributed by atoms with Crippen LogP contribution in [0.2, 0.25) is 0 Å². The Hall–Kier alpha value is -1.08. The van der Waals surface area contributed by atoms with E-state index in [1.54, 1.807) is 0 Å². The molecule has 92 valence electrons. The third-order valence-electron chi connectivity index (χ3n) is 3.47. The zero-order valence-electron chi connectivity index (χ0n) is 11.2. The van der Waals surface area contributed by atoms with E-state index in [2.05, 4.69) is 56.1 Å². The van der Waals surface area contributed by atoms with Gasteiger partial charge in [-0.1, -0.05) is 41.5 Å². The third-order valence-corrected chi connectivity index (χ3v) is 3.47. The molecule has 1 aromatic carbocycles. The Kier molecular flexibility index (Phi) is 4.01. The zero-order valence-corrected chi connectivity index (χ0v) is 11.2. The molecule has 17 heavy (non-hydrogen) atoms. The lowest BCUT2D eigenvalue weighted by molar-refractivity contribution is 0.238. The molecule has 1 heteroatoms. The maximum atomic E-state index is 2.43. The van der Waals surface area contributed by atoms with E-state index in [4.69, 9.17) is 0 Å². The van der Waals surface area contributed by atoms with Crippen LogP contribution in [0.1, 0.15) is 29.5 Å². The normalized spacial score (nSPS) is 22.2. The van der Waals surface area contributed by atoms with Crippen molar-refractivity contribution >= 4 is 6.08 Å². The van der Waals surface area contributed by atoms with E-state index in [0.717, 1.165) is 5.92 Å². The second-order valence-corrected chi connectivity index (χ2v) is 5.44. The van der Waals surface area contributed by atoms with Gasteiger partial charge in [0, 0.05) is 6.54 Å². The number of piperidine rings is 1. The van der Waals surface area contributed by atoms with Crippen LogP contribution in [0.3, 0.4) is 0 Å². The number of nitrogens with zero attached hydrogens (tertiary/aromatic N) is 1. The summed E-state index contributed by atoms with van der Waals surface area (Å²) in [4.78, 5) is 2.43. The molecule has 1 aliphatic rings. The van der Waals surface area contributed by atoms with Crippen molar-refractivity contribution in [3.8, 4) is 0 Å². The largest absolute Gasteiger partial charge is 0.306 e. The van der Waals surface area contributed by atoms with Gasteiger partial charge in [0.15, 0.2) is 0 Å². The summed E-state index contributed by atoms with van der Waals surface area (Å²) in [5.41, 5.74) is 4.05. The highest BCUT2D eigenvalue weighted by atomic mass is 15.1. The van der Waals surface area contributed by atoms with Crippen molar-refractivity contribution in [2.24, 2.45) is 5.92 Å². The molecule has 0 saturated carbocycles. The fourth-order valence-electron chi connectivity index (χ4n) is 2.72. The topological polar surface area (TPSA) is 3.24 Å². The molecule has 0 amide bonds. The van der Waals surface area contributed by atoms with Crippen LogP contribution in [0, 0.1) is 19.8 Å². The summed E-state index contributed by atoms with van der Waals surface area (Å²) in [6.07, 6.45) is 7.36. The molecule has 1 nitrogen and oxygen atoms in total. The summed E-state index contributed by atoms with van der Waals surface area (Å²) < 4.78 is 0. The summed E-state index contributed by atoms with van der Waals surface area (Å²) in [7, 11) is 2.22. The minimum Gasteiger partial charge on any atom is -0.306 e. The van der Waals surface area contributed by atoms with E-state index in [1.807, 2.05) is 0 Å². The van der Waals surface area contributed by atoms with Crippen LogP contribution in [-0.4, -0.2) is 25.0 Å². The van der Waals surface area contributed by atoms with Gasteiger partial charge in [-0.05, 0) is 51.8 Å². The lowest BCUT2D eigenvalue weighted by Crippen LogP contribution is -2.30. The second-order valence-electron chi connectivity index (χ2n) is 5.44. The first-order valence-corrected chi connectivity index (χ1v) is 6.58. The molecule has 0 spiro atoms. The highest BCUT2D eigenvalue weighted by Gasteiger charge is 2.13. The molecule has 0 aromatic heterocycles. The molecule has 1 saturated heterocycles. The highest BCUT2D eigenvalue weighted by molar-refractivity contribution is 5.52. The van der Waals surface area contributed by atoms with Crippen molar-refractivity contribution in [3.05, 3.63) is 41.0 Å². The van der Waals surface area contributed by atoms with E-state index in [-0.39, 0.29) is 0 Å². The monoisotopic (exact) mass is 229 g/mol. The highest BCUT2D eigenvalue weighted by Crippen LogP contribution is 2.18. The van der Waals surface area contributed by atoms with E-state index in [9.17, 15) is 0 Å². The van der Waals surface area contributed by atoms with Crippen molar-refractivity contribution in [1.82, 2.24) is 4.90 Å². The van der Waals surface area contributed by atoms with Gasteiger partial charge in [-0.2, -0.15) is 0 Å². The van der Waals surface area contributed by atoms with Gasteiger partial charge >= 0.3 is 0 Å². The molecule has 1 aliphatic heterocycles. The van der Waals surface area contributed by atoms with Gasteiger partial charge in [0.1, 0.15) is 0 Å². The van der Waals surface area contributed by atoms with Gasteiger partial charge in [0.25, 0.3) is 0 Å². The van der Waals surface area contributed by atoms with Gasteiger partial charge < -0.3 is 4.90 Å². The van der Waals surface area contributed by atoms with E-state index < -0.39 is 0 Å². The van der Waals surface area contributed by atoms with Gasteiger partial charge in [-0.15, -0.1) is 0 Å². The first kappa shape index (κ1) is 12.4. The van der Waals surface area contributed by atoms with Crippen molar-refractivity contribution in [2.75, 3.05) is 20.1 Å². The molecular formula is C16H23N. The summed E-state index contributed by atoms with van der Waals surface area (Å²) in [6.45, 7) is 6.80. The van der Waals surface area contributed by atoms with Gasteiger partial charge in [0.2, 0.25) is 0 Å². The Morgan fingerprint density at radius 2 is 1.88 bits per heavy atom. The fraction of sp³-hybridized carbons (Fsp3) is 0.500. The quantitative estimate of drug-likeness (QED) is 0.748. The standard InChI is InChI=1S/C16H23N/c1-13-9-14(2)11-16(10-13)7-6-15-5-4-8-17(3)12-15/h6-7,9-11,15H,4-5,8,12H2,1-3H3/b7-6+. The summed E-state index contributed by atoms with van der Waals surface area (Å²) >= 11 is 0. The fourth-order valence-corrected chi connectivity index (χ4v) is 2.72. The maximum absolute atomic E-state index is 2.43. The molecule has 0 radical (unpaired) electrons. The molecule has 1 atom stereocenters. The first-order chi connectivity index (χ1) is 8.13. The Labute approximate surface area is 105 Å². The average molecular weight is 229 g/mol. The van der Waals surface area contributed by atoms with Crippen LogP contribution in [-0.2, 0) is 0 Å². The lowest BCUT2D eigenvalue weighted by atomic mass is 9.97. The average Bonchev–Trinajstić information content (AvgIpc) is 2.25. The summed E-state index contributed by atoms with van der Waals surface area (Å²) in [5, 5.41) is 0. The zero-order chi connectivity index (χ0) is 12.3. The molecule has 1 unspecified atom stereocenters. The van der Waals surface area contributed by atoms with Crippen molar-refractivity contribution in [2.45, 2.75) is 26.7 Å². The molecule has 1 fully saturated rings. The van der Waals surface area contributed by atoms with Gasteiger partial charge in [-0.25, -0.2) is 0 Å². The van der Waals surface area contributed by atoms with E-state index in [0.29, 0.717) is 0 Å². The SMILES string of the molecule is Cc1cc(C)cc(/C=C/C2CCCN(C)C2)c1. The second kappa shape index (κ2) is 5.50. The first-order valence-electron chi connectivity index (χ1n) is 6.58. The lowest BCUT2D eigenvalue weighted by Gasteiger charge is -2.27. The van der Waals surface area contributed by atoms with Crippen molar-refractivity contribution in [3.63, 3.8) is 0 Å². The van der Waals surface area contributed by atoms with Crippen molar-refractivity contribution in [1.29, 1.82) is 0 Å². The van der Waals surface area contributed by atoms with Gasteiger partial charge in [-0.3, -0.25) is 0 Å².